The van der Waals surface area contributed by atoms with Gasteiger partial charge < -0.3 is 9.47 Å². The Labute approximate surface area is 126 Å². The summed E-state index contributed by atoms with van der Waals surface area (Å²) in [6, 6.07) is 12.6. The molecule has 1 aromatic carbocycles. The molecule has 1 aliphatic heterocycles. The molecule has 0 bridgehead atoms. The van der Waals surface area contributed by atoms with Gasteiger partial charge >= 0.3 is 0 Å². The van der Waals surface area contributed by atoms with Gasteiger partial charge in [-0.3, -0.25) is 4.79 Å². The van der Waals surface area contributed by atoms with Crippen molar-refractivity contribution >= 4 is 5.91 Å². The van der Waals surface area contributed by atoms with Crippen LogP contribution in [0, 0.1) is 6.92 Å². The summed E-state index contributed by atoms with van der Waals surface area (Å²) >= 11 is 0. The van der Waals surface area contributed by atoms with Crippen molar-refractivity contribution in [3.05, 3.63) is 59.9 Å². The molecule has 3 rings (SSSR count). The van der Waals surface area contributed by atoms with Gasteiger partial charge in [-0.25, -0.2) is 0 Å². The zero-order valence-corrected chi connectivity index (χ0v) is 12.5. The fraction of sp³-hybridized carbons (Fsp3) is 0.389. The van der Waals surface area contributed by atoms with Gasteiger partial charge in [-0.2, -0.15) is 0 Å². The average Bonchev–Trinajstić information content (AvgIpc) is 3.17. The van der Waals surface area contributed by atoms with Crippen LogP contribution in [0.25, 0.3) is 0 Å². The van der Waals surface area contributed by atoms with Crippen LogP contribution >= 0.6 is 0 Å². The number of likely N-dealkylation sites (tertiary alicyclic amines) is 1. The lowest BCUT2D eigenvalue weighted by Crippen LogP contribution is -2.30. The Balaban J connectivity index is 1.84. The minimum atomic E-state index is 0.0907. The molecular formula is C18H22N2O. The van der Waals surface area contributed by atoms with Crippen molar-refractivity contribution < 1.29 is 4.79 Å². The van der Waals surface area contributed by atoms with E-state index in [-0.39, 0.29) is 11.9 Å². The predicted molar refractivity (Wildman–Crippen MR) is 84.2 cm³/mol. The number of aromatic nitrogens is 1. The fourth-order valence-corrected chi connectivity index (χ4v) is 3.09. The van der Waals surface area contributed by atoms with Crippen LogP contribution < -0.4 is 0 Å². The molecule has 0 radical (unpaired) electrons. The van der Waals surface area contributed by atoms with E-state index in [4.69, 9.17) is 0 Å². The number of rotatable bonds is 4. The van der Waals surface area contributed by atoms with Crippen molar-refractivity contribution in [3.8, 4) is 0 Å². The third-order valence-corrected chi connectivity index (χ3v) is 4.24. The average molecular weight is 282 g/mol. The van der Waals surface area contributed by atoms with Crippen LogP contribution in [0.4, 0.5) is 0 Å². The summed E-state index contributed by atoms with van der Waals surface area (Å²) in [6.07, 6.45) is 6.92. The molecule has 3 heteroatoms. The van der Waals surface area contributed by atoms with Gasteiger partial charge in [-0.15, -0.1) is 0 Å². The Morgan fingerprint density at radius 1 is 1.14 bits per heavy atom. The fourth-order valence-electron chi connectivity index (χ4n) is 3.09. The standard InChI is InChI=1S/C18H22N2O/c1-15-7-6-8-16(13-15)17(19-9-2-3-10-19)14-18(21)20-11-4-5-12-20/h2-3,6-10,13,17H,4-5,11-12,14H2,1H3. The van der Waals surface area contributed by atoms with E-state index in [1.165, 1.54) is 11.1 Å². The molecule has 1 amide bonds. The Hall–Kier alpha value is -2.03. The number of hydrogen-bond acceptors (Lipinski definition) is 1. The van der Waals surface area contributed by atoms with Crippen molar-refractivity contribution in [2.45, 2.75) is 32.2 Å². The van der Waals surface area contributed by atoms with Gasteiger partial charge in [0.1, 0.15) is 0 Å². The second kappa shape index (κ2) is 6.17. The first-order valence-electron chi connectivity index (χ1n) is 7.71. The summed E-state index contributed by atoms with van der Waals surface area (Å²) < 4.78 is 2.14. The largest absolute Gasteiger partial charge is 0.346 e. The highest BCUT2D eigenvalue weighted by Gasteiger charge is 2.23. The zero-order chi connectivity index (χ0) is 14.7. The molecule has 1 unspecified atom stereocenters. The number of nitrogens with zero attached hydrogens (tertiary/aromatic N) is 2. The maximum Gasteiger partial charge on any atom is 0.225 e. The summed E-state index contributed by atoms with van der Waals surface area (Å²) in [5.74, 6) is 0.271. The molecule has 1 aromatic heterocycles. The molecule has 1 atom stereocenters. The third-order valence-electron chi connectivity index (χ3n) is 4.24. The van der Waals surface area contributed by atoms with Crippen LogP contribution in [-0.4, -0.2) is 28.5 Å². The summed E-state index contributed by atoms with van der Waals surface area (Å²) in [5, 5.41) is 0. The highest BCUT2D eigenvalue weighted by atomic mass is 16.2. The Morgan fingerprint density at radius 2 is 1.86 bits per heavy atom. The first-order valence-corrected chi connectivity index (χ1v) is 7.71. The van der Waals surface area contributed by atoms with E-state index in [1.807, 2.05) is 29.4 Å². The predicted octanol–water partition coefficient (Wildman–Crippen LogP) is 3.40. The summed E-state index contributed by atoms with van der Waals surface area (Å²) in [4.78, 5) is 14.5. The highest BCUT2D eigenvalue weighted by Crippen LogP contribution is 2.25. The van der Waals surface area contributed by atoms with Gasteiger partial charge in [0.15, 0.2) is 0 Å². The van der Waals surface area contributed by atoms with E-state index in [2.05, 4.69) is 35.8 Å². The monoisotopic (exact) mass is 282 g/mol. The van der Waals surface area contributed by atoms with E-state index >= 15 is 0 Å². The first-order chi connectivity index (χ1) is 10.2. The van der Waals surface area contributed by atoms with Crippen LogP contribution in [0.15, 0.2) is 48.8 Å². The number of aryl methyl sites for hydroxylation is 1. The molecule has 1 fully saturated rings. The van der Waals surface area contributed by atoms with Gasteiger partial charge in [0, 0.05) is 25.5 Å². The van der Waals surface area contributed by atoms with E-state index in [0.29, 0.717) is 6.42 Å². The van der Waals surface area contributed by atoms with Gasteiger partial charge in [0.2, 0.25) is 5.91 Å². The third kappa shape index (κ3) is 3.18. The molecule has 1 saturated heterocycles. The SMILES string of the molecule is Cc1cccc(C(CC(=O)N2CCCC2)n2cccc2)c1. The van der Waals surface area contributed by atoms with Crippen LogP contribution in [-0.2, 0) is 4.79 Å². The topological polar surface area (TPSA) is 25.2 Å². The molecule has 0 saturated carbocycles. The molecule has 3 nitrogen and oxygen atoms in total. The molecule has 0 aliphatic carbocycles. The molecule has 0 spiro atoms. The minimum absolute atomic E-state index is 0.0907. The maximum atomic E-state index is 12.5. The van der Waals surface area contributed by atoms with Crippen LogP contribution in [0.3, 0.4) is 0 Å². The molecule has 21 heavy (non-hydrogen) atoms. The number of amides is 1. The number of carbonyl (C=O) groups excluding carboxylic acids is 1. The highest BCUT2D eigenvalue weighted by molar-refractivity contribution is 5.77. The first kappa shape index (κ1) is 13.9. The molecule has 110 valence electrons. The Bertz CT molecular complexity index is 597. The lowest BCUT2D eigenvalue weighted by Gasteiger charge is -2.23. The van der Waals surface area contributed by atoms with Gasteiger partial charge in [0.25, 0.3) is 0 Å². The minimum Gasteiger partial charge on any atom is -0.346 e. The maximum absolute atomic E-state index is 12.5. The van der Waals surface area contributed by atoms with E-state index < -0.39 is 0 Å². The van der Waals surface area contributed by atoms with Crippen LogP contribution in [0.5, 0.6) is 0 Å². The molecule has 2 aromatic rings. The van der Waals surface area contributed by atoms with Crippen molar-refractivity contribution in [2.75, 3.05) is 13.1 Å². The van der Waals surface area contributed by atoms with Crippen molar-refractivity contribution in [3.63, 3.8) is 0 Å². The molecule has 1 aliphatic rings. The van der Waals surface area contributed by atoms with E-state index in [0.717, 1.165) is 25.9 Å². The van der Waals surface area contributed by atoms with Crippen LogP contribution in [0.2, 0.25) is 0 Å². The second-order valence-electron chi connectivity index (χ2n) is 5.85. The molecular weight excluding hydrogens is 260 g/mol. The lowest BCUT2D eigenvalue weighted by molar-refractivity contribution is -0.130. The van der Waals surface area contributed by atoms with E-state index in [1.54, 1.807) is 0 Å². The van der Waals surface area contributed by atoms with Crippen molar-refractivity contribution in [1.29, 1.82) is 0 Å². The molecule has 2 heterocycles. The van der Waals surface area contributed by atoms with E-state index in [9.17, 15) is 4.79 Å². The second-order valence-corrected chi connectivity index (χ2v) is 5.85. The number of hydrogen-bond donors (Lipinski definition) is 0. The van der Waals surface area contributed by atoms with Gasteiger partial charge in [-0.05, 0) is 37.5 Å². The van der Waals surface area contributed by atoms with Gasteiger partial charge in [-0.1, -0.05) is 29.8 Å². The Morgan fingerprint density at radius 3 is 2.52 bits per heavy atom. The normalized spacial score (nSPS) is 16.1. The lowest BCUT2D eigenvalue weighted by atomic mass is 10.0. The van der Waals surface area contributed by atoms with Crippen molar-refractivity contribution in [1.82, 2.24) is 9.47 Å². The van der Waals surface area contributed by atoms with Crippen molar-refractivity contribution in [2.24, 2.45) is 0 Å². The van der Waals surface area contributed by atoms with Gasteiger partial charge in [0.05, 0.1) is 12.5 Å². The number of benzene rings is 1. The number of carbonyl (C=O) groups is 1. The summed E-state index contributed by atoms with van der Waals surface area (Å²) in [6.45, 7) is 3.94. The van der Waals surface area contributed by atoms with Crippen LogP contribution in [0.1, 0.15) is 36.4 Å². The quantitative estimate of drug-likeness (QED) is 0.843. The Kier molecular flexibility index (Phi) is 4.09. The molecule has 0 N–H and O–H groups in total. The smallest absolute Gasteiger partial charge is 0.225 e. The zero-order valence-electron chi connectivity index (χ0n) is 12.5. The summed E-state index contributed by atoms with van der Waals surface area (Å²) in [5.41, 5.74) is 2.44. The summed E-state index contributed by atoms with van der Waals surface area (Å²) in [7, 11) is 0.